The van der Waals surface area contributed by atoms with E-state index in [0.29, 0.717) is 0 Å². The molecule has 1 aliphatic heterocycles. The van der Waals surface area contributed by atoms with Gasteiger partial charge in [0.1, 0.15) is 11.9 Å². The molecule has 0 aromatic heterocycles. The molecule has 3 aromatic rings. The first-order chi connectivity index (χ1) is 21.1. The van der Waals surface area contributed by atoms with Crippen molar-refractivity contribution < 1.29 is 41.0 Å². The number of hydrogen-bond donors (Lipinski definition) is 3. The highest BCUT2D eigenvalue weighted by Crippen LogP contribution is 2.32. The minimum absolute atomic E-state index is 0.0322. The maximum atomic E-state index is 13.7. The molecule has 0 radical (unpaired) electrons. The van der Waals surface area contributed by atoms with Gasteiger partial charge in [0.05, 0.1) is 35.2 Å². The summed E-state index contributed by atoms with van der Waals surface area (Å²) in [7, 11) is -2.47. The summed E-state index contributed by atoms with van der Waals surface area (Å²) >= 11 is 0. The molecule has 1 heterocycles. The molecule has 3 atom stereocenters. The number of rotatable bonds is 8. The second-order valence-electron chi connectivity index (χ2n) is 11.1. The van der Waals surface area contributed by atoms with Crippen molar-refractivity contribution in [3.05, 3.63) is 83.4 Å². The van der Waals surface area contributed by atoms with Gasteiger partial charge in [0, 0.05) is 30.9 Å². The van der Waals surface area contributed by atoms with Crippen LogP contribution in [-0.2, 0) is 16.2 Å². The maximum absolute atomic E-state index is 13.7. The number of benzene rings is 3. The van der Waals surface area contributed by atoms with Crippen molar-refractivity contribution in [1.82, 2.24) is 9.80 Å². The van der Waals surface area contributed by atoms with E-state index in [1.54, 1.807) is 19.1 Å². The van der Waals surface area contributed by atoms with Crippen LogP contribution >= 0.6 is 0 Å². The fourth-order valence-electron chi connectivity index (χ4n) is 4.75. The Morgan fingerprint density at radius 1 is 1.09 bits per heavy atom. The lowest BCUT2D eigenvalue weighted by Crippen LogP contribution is -2.50. The first kappa shape index (κ1) is 33.6. The van der Waals surface area contributed by atoms with Gasteiger partial charge in [0.25, 0.3) is 15.9 Å². The quantitative estimate of drug-likeness (QED) is 0.308. The first-order valence-corrected chi connectivity index (χ1v) is 15.6. The minimum atomic E-state index is -4.50. The maximum Gasteiger partial charge on any atom is 0.416 e. The third-order valence-electron chi connectivity index (χ3n) is 7.51. The number of aliphatic hydroxyl groups excluding tert-OH is 1. The molecule has 3 aromatic carbocycles. The molecule has 3 N–H and O–H groups in total. The van der Waals surface area contributed by atoms with Crippen LogP contribution in [0.3, 0.4) is 0 Å². The van der Waals surface area contributed by atoms with Crippen molar-refractivity contribution in [2.45, 2.75) is 44.0 Å². The Morgan fingerprint density at radius 2 is 1.71 bits per heavy atom. The van der Waals surface area contributed by atoms with Crippen LogP contribution in [0.5, 0.6) is 5.75 Å². The number of fused-ring (bicyclic) bond motifs is 1. The number of carbonyl (C=O) groups is 2. The molecule has 3 amide bonds. The van der Waals surface area contributed by atoms with Crippen LogP contribution < -0.4 is 14.8 Å². The zero-order valence-electron chi connectivity index (χ0n) is 25.1. The number of hydrogen-bond acceptors (Lipinski definition) is 6. The summed E-state index contributed by atoms with van der Waals surface area (Å²) in [6, 6.07) is 13.5. The summed E-state index contributed by atoms with van der Waals surface area (Å²) in [5.41, 5.74) is 0.411. The van der Waals surface area contributed by atoms with Gasteiger partial charge in [-0.1, -0.05) is 24.6 Å². The fourth-order valence-corrected chi connectivity index (χ4v) is 5.80. The SMILES string of the molecule is Cc1ccc(S(=O)(=O)Nc2ccc3c(c2)C(=O)N([C@H](C)CO)C[C@H](C)[C@@H](CN(C)C(=O)Nc2ccc(C(F)(F)F)cc2)O3)cc1. The van der Waals surface area contributed by atoms with E-state index >= 15 is 0 Å². The summed E-state index contributed by atoms with van der Waals surface area (Å²) in [4.78, 5) is 29.5. The van der Waals surface area contributed by atoms with Gasteiger partial charge in [-0.05, 0) is 68.4 Å². The number of amides is 3. The van der Waals surface area contributed by atoms with Gasteiger partial charge in [-0.3, -0.25) is 9.52 Å². The van der Waals surface area contributed by atoms with E-state index in [2.05, 4.69) is 10.0 Å². The van der Waals surface area contributed by atoms with Crippen LogP contribution in [0.15, 0.2) is 71.6 Å². The minimum Gasteiger partial charge on any atom is -0.487 e. The third kappa shape index (κ3) is 8.05. The van der Waals surface area contributed by atoms with Crippen LogP contribution in [0.1, 0.15) is 35.3 Å². The number of nitrogens with one attached hydrogen (secondary N) is 2. The Labute approximate surface area is 259 Å². The predicted molar refractivity (Wildman–Crippen MR) is 163 cm³/mol. The zero-order valence-corrected chi connectivity index (χ0v) is 25.9. The van der Waals surface area contributed by atoms with E-state index < -0.39 is 45.8 Å². The number of aryl methyl sites for hydroxylation is 1. The normalized spacial score (nSPS) is 17.8. The lowest BCUT2D eigenvalue weighted by molar-refractivity contribution is -0.137. The molecule has 0 bridgehead atoms. The number of anilines is 2. The highest BCUT2D eigenvalue weighted by molar-refractivity contribution is 7.92. The van der Waals surface area contributed by atoms with Crippen molar-refractivity contribution in [3.63, 3.8) is 0 Å². The van der Waals surface area contributed by atoms with E-state index in [0.717, 1.165) is 29.8 Å². The lowest BCUT2D eigenvalue weighted by Gasteiger charge is -2.38. The Kier molecular flexibility index (Phi) is 9.98. The van der Waals surface area contributed by atoms with Gasteiger partial charge in [-0.25, -0.2) is 13.2 Å². The van der Waals surface area contributed by atoms with E-state index in [1.807, 2.05) is 13.8 Å². The molecule has 10 nitrogen and oxygen atoms in total. The van der Waals surface area contributed by atoms with Gasteiger partial charge >= 0.3 is 12.2 Å². The molecule has 0 aliphatic carbocycles. The second kappa shape index (κ2) is 13.4. The zero-order chi connectivity index (χ0) is 33.1. The topological polar surface area (TPSA) is 128 Å². The predicted octanol–water partition coefficient (Wildman–Crippen LogP) is 5.20. The number of sulfonamides is 1. The average Bonchev–Trinajstić information content (AvgIpc) is 2.98. The van der Waals surface area contributed by atoms with Crippen molar-refractivity contribution in [1.29, 1.82) is 0 Å². The fraction of sp³-hybridized carbons (Fsp3) is 0.355. The number of urea groups is 1. The summed E-state index contributed by atoms with van der Waals surface area (Å²) in [6.45, 7) is 5.19. The molecule has 242 valence electrons. The van der Waals surface area contributed by atoms with Crippen LogP contribution in [0.25, 0.3) is 0 Å². The summed E-state index contributed by atoms with van der Waals surface area (Å²) in [5.74, 6) is -0.653. The molecule has 4 rings (SSSR count). The van der Waals surface area contributed by atoms with Crippen molar-refractivity contribution in [3.8, 4) is 5.75 Å². The van der Waals surface area contributed by atoms with Gasteiger partial charge in [0.2, 0.25) is 0 Å². The number of likely N-dealkylation sites (N-methyl/N-ethyl adjacent to an activating group) is 1. The van der Waals surface area contributed by atoms with E-state index in [9.17, 15) is 36.3 Å². The molecular formula is C31H35F3N4O6S. The van der Waals surface area contributed by atoms with Crippen LogP contribution in [0.2, 0.25) is 0 Å². The third-order valence-corrected chi connectivity index (χ3v) is 8.91. The Hall–Kier alpha value is -4.30. The number of aliphatic hydroxyl groups is 1. The van der Waals surface area contributed by atoms with Crippen LogP contribution in [0, 0.1) is 12.8 Å². The standard InChI is InChI=1S/C31H35F3N4O6S/c1-19-5-12-25(13-6-19)45(42,43)36-24-11-14-27-26(15-24)29(40)38(21(3)18-39)16-20(2)28(44-27)17-37(4)30(41)35-23-9-7-22(8-10-23)31(32,33)34/h5-15,20-21,28,36,39H,16-18H2,1-4H3,(H,35,41)/t20-,21+,28+/m0/s1. The molecule has 0 spiro atoms. The van der Waals surface area contributed by atoms with Gasteiger partial charge in [0.15, 0.2) is 0 Å². The summed E-state index contributed by atoms with van der Waals surface area (Å²) in [6.07, 6.45) is -5.17. The molecule has 1 aliphatic rings. The number of carbonyl (C=O) groups excluding carboxylic acids is 2. The lowest BCUT2D eigenvalue weighted by atomic mass is 9.99. The van der Waals surface area contributed by atoms with E-state index in [1.165, 1.54) is 47.2 Å². The molecular weight excluding hydrogens is 613 g/mol. The van der Waals surface area contributed by atoms with Crippen molar-refractivity contribution in [2.75, 3.05) is 36.8 Å². The number of nitrogens with zero attached hydrogens (tertiary/aromatic N) is 2. The highest BCUT2D eigenvalue weighted by Gasteiger charge is 2.34. The Morgan fingerprint density at radius 3 is 2.31 bits per heavy atom. The van der Waals surface area contributed by atoms with Gasteiger partial charge < -0.3 is 25.0 Å². The molecule has 0 fully saturated rings. The van der Waals surface area contributed by atoms with E-state index in [-0.39, 0.29) is 53.2 Å². The molecule has 0 unspecified atom stereocenters. The van der Waals surface area contributed by atoms with Gasteiger partial charge in [-0.15, -0.1) is 0 Å². The molecule has 45 heavy (non-hydrogen) atoms. The second-order valence-corrected chi connectivity index (χ2v) is 12.8. The van der Waals surface area contributed by atoms with E-state index in [4.69, 9.17) is 4.74 Å². The van der Waals surface area contributed by atoms with Gasteiger partial charge in [-0.2, -0.15) is 13.2 Å². The Balaban J connectivity index is 1.57. The number of halogens is 3. The Bertz CT molecular complexity index is 1630. The largest absolute Gasteiger partial charge is 0.487 e. The monoisotopic (exact) mass is 648 g/mol. The van der Waals surface area contributed by atoms with Crippen LogP contribution in [0.4, 0.5) is 29.3 Å². The number of alkyl halides is 3. The van der Waals surface area contributed by atoms with Crippen molar-refractivity contribution in [2.24, 2.45) is 5.92 Å². The van der Waals surface area contributed by atoms with Crippen molar-refractivity contribution >= 4 is 33.3 Å². The molecule has 0 saturated heterocycles. The number of ether oxygens (including phenoxy) is 1. The highest BCUT2D eigenvalue weighted by atomic mass is 32.2. The molecule has 0 saturated carbocycles. The molecule has 14 heteroatoms. The smallest absolute Gasteiger partial charge is 0.416 e. The average molecular weight is 649 g/mol. The summed E-state index contributed by atoms with van der Waals surface area (Å²) < 4.78 is 73.5. The van der Waals surface area contributed by atoms with Crippen LogP contribution in [-0.4, -0.2) is 74.2 Å². The summed E-state index contributed by atoms with van der Waals surface area (Å²) in [5, 5.41) is 12.5. The first-order valence-electron chi connectivity index (χ1n) is 14.1.